The number of carbonyl (C=O) groups excluding carboxylic acids is 1. The lowest BCUT2D eigenvalue weighted by Crippen LogP contribution is -2.18. The van der Waals surface area contributed by atoms with Gasteiger partial charge >= 0.3 is 0 Å². The smallest absolute Gasteiger partial charge is 0.232 e. The Hall–Kier alpha value is -3.11. The van der Waals surface area contributed by atoms with E-state index in [0.29, 0.717) is 28.0 Å². The molecule has 7 nitrogen and oxygen atoms in total. The lowest BCUT2D eigenvalue weighted by Gasteiger charge is -2.09. The minimum Gasteiger partial charge on any atom is -0.311 e. The maximum atomic E-state index is 12.5. The molecule has 136 valence electrons. The molecule has 0 spiro atoms. The highest BCUT2D eigenvalue weighted by molar-refractivity contribution is 6.30. The van der Waals surface area contributed by atoms with Crippen LogP contribution in [0.5, 0.6) is 0 Å². The highest BCUT2D eigenvalue weighted by atomic mass is 35.5. The summed E-state index contributed by atoms with van der Waals surface area (Å²) >= 11 is 6.05. The molecule has 1 aliphatic rings. The largest absolute Gasteiger partial charge is 0.311 e. The van der Waals surface area contributed by atoms with Gasteiger partial charge in [0, 0.05) is 28.8 Å². The topological polar surface area (TPSA) is 99.4 Å². The fourth-order valence-electron chi connectivity index (χ4n) is 2.85. The lowest BCUT2D eigenvalue weighted by atomic mass is 10.0. The first-order valence-corrected chi connectivity index (χ1v) is 9.03. The average molecular weight is 381 g/mol. The van der Waals surface area contributed by atoms with E-state index in [0.717, 1.165) is 24.1 Å². The molecule has 3 aromatic rings. The van der Waals surface area contributed by atoms with E-state index in [9.17, 15) is 4.79 Å². The van der Waals surface area contributed by atoms with Gasteiger partial charge < -0.3 is 5.32 Å². The van der Waals surface area contributed by atoms with Crippen molar-refractivity contribution in [1.29, 1.82) is 5.26 Å². The van der Waals surface area contributed by atoms with Gasteiger partial charge in [0.1, 0.15) is 5.82 Å². The van der Waals surface area contributed by atoms with Gasteiger partial charge in [-0.1, -0.05) is 11.6 Å². The van der Waals surface area contributed by atoms with Crippen LogP contribution in [0.4, 0.5) is 5.82 Å². The molecule has 1 aromatic carbocycles. The second-order valence-corrected chi connectivity index (χ2v) is 7.16. The van der Waals surface area contributed by atoms with Crippen LogP contribution >= 0.6 is 11.6 Å². The van der Waals surface area contributed by atoms with Crippen molar-refractivity contribution in [1.82, 2.24) is 20.0 Å². The number of rotatable bonds is 5. The van der Waals surface area contributed by atoms with Gasteiger partial charge in [-0.25, -0.2) is 4.68 Å². The van der Waals surface area contributed by atoms with Gasteiger partial charge in [0.25, 0.3) is 0 Å². The minimum atomic E-state index is -0.402. The molecule has 1 unspecified atom stereocenters. The monoisotopic (exact) mass is 380 g/mol. The van der Waals surface area contributed by atoms with E-state index in [1.54, 1.807) is 35.3 Å². The summed E-state index contributed by atoms with van der Waals surface area (Å²) < 4.78 is 1.60. The lowest BCUT2D eigenvalue weighted by molar-refractivity contribution is -0.117. The predicted octanol–water partition coefficient (Wildman–Crippen LogP) is 3.74. The van der Waals surface area contributed by atoms with Gasteiger partial charge in [-0.2, -0.15) is 15.5 Å². The van der Waals surface area contributed by atoms with Gasteiger partial charge in [-0.05, 0) is 38.0 Å². The molecule has 1 saturated carbocycles. The SMILES string of the molecule is CC(C(=O)Nc1cc(C2CC2)n[nH]1)c1cnn(-c2cc(Cl)cc(C#N)c2)c1. The van der Waals surface area contributed by atoms with Crippen LogP contribution in [-0.4, -0.2) is 25.9 Å². The predicted molar refractivity (Wildman–Crippen MR) is 101 cm³/mol. The number of amides is 1. The van der Waals surface area contributed by atoms with Crippen LogP contribution < -0.4 is 5.32 Å². The van der Waals surface area contributed by atoms with E-state index < -0.39 is 5.92 Å². The van der Waals surface area contributed by atoms with Crippen molar-refractivity contribution in [3.05, 3.63) is 58.5 Å². The second kappa shape index (κ2) is 6.89. The maximum Gasteiger partial charge on any atom is 0.232 e. The molecule has 2 N–H and O–H groups in total. The van der Waals surface area contributed by atoms with Crippen molar-refractivity contribution >= 4 is 23.3 Å². The molecule has 8 heteroatoms. The molecule has 0 radical (unpaired) electrons. The fraction of sp³-hybridized carbons (Fsp3) is 0.263. The molecule has 0 saturated heterocycles. The number of benzene rings is 1. The zero-order chi connectivity index (χ0) is 19.0. The van der Waals surface area contributed by atoms with Crippen molar-refractivity contribution in [3.63, 3.8) is 0 Å². The van der Waals surface area contributed by atoms with Crippen LogP contribution in [0.25, 0.3) is 5.69 Å². The van der Waals surface area contributed by atoms with Crippen LogP contribution in [0.15, 0.2) is 36.7 Å². The number of halogens is 1. The molecule has 1 aliphatic carbocycles. The summed E-state index contributed by atoms with van der Waals surface area (Å²) in [6.07, 6.45) is 5.72. The first kappa shape index (κ1) is 17.3. The Kier molecular flexibility index (Phi) is 4.42. The zero-order valence-electron chi connectivity index (χ0n) is 14.6. The van der Waals surface area contributed by atoms with Crippen molar-refractivity contribution in [2.45, 2.75) is 31.6 Å². The number of hydrogen-bond acceptors (Lipinski definition) is 4. The van der Waals surface area contributed by atoms with Crippen molar-refractivity contribution < 1.29 is 4.79 Å². The highest BCUT2D eigenvalue weighted by Crippen LogP contribution is 2.39. The number of aromatic nitrogens is 4. The summed E-state index contributed by atoms with van der Waals surface area (Å²) in [7, 11) is 0. The van der Waals surface area contributed by atoms with Crippen LogP contribution in [0.1, 0.15) is 48.4 Å². The maximum absolute atomic E-state index is 12.5. The Labute approximate surface area is 161 Å². The average Bonchev–Trinajstić information content (AvgIpc) is 3.20. The molecule has 1 fully saturated rings. The molecule has 0 aliphatic heterocycles. The Balaban J connectivity index is 1.49. The zero-order valence-corrected chi connectivity index (χ0v) is 15.4. The first-order valence-electron chi connectivity index (χ1n) is 8.65. The fourth-order valence-corrected chi connectivity index (χ4v) is 3.08. The molecular formula is C19H17ClN6O. The summed E-state index contributed by atoms with van der Waals surface area (Å²) in [6.45, 7) is 1.81. The molecule has 1 atom stereocenters. The molecule has 2 aromatic heterocycles. The third-order valence-corrected chi connectivity index (χ3v) is 4.84. The van der Waals surface area contributed by atoms with E-state index in [1.165, 1.54) is 0 Å². The van der Waals surface area contributed by atoms with Gasteiger partial charge in [0.2, 0.25) is 5.91 Å². The summed E-state index contributed by atoms with van der Waals surface area (Å²) in [5, 5.41) is 23.8. The number of anilines is 1. The van der Waals surface area contributed by atoms with E-state index in [2.05, 4.69) is 26.7 Å². The Morgan fingerprint density at radius 1 is 1.41 bits per heavy atom. The summed E-state index contributed by atoms with van der Waals surface area (Å²) in [5.74, 6) is 0.582. The van der Waals surface area contributed by atoms with Gasteiger partial charge in [-0.3, -0.25) is 9.89 Å². The number of hydrogen-bond donors (Lipinski definition) is 2. The van der Waals surface area contributed by atoms with Crippen molar-refractivity contribution in [2.24, 2.45) is 0 Å². The van der Waals surface area contributed by atoms with Gasteiger partial charge in [0.05, 0.1) is 35.1 Å². The van der Waals surface area contributed by atoms with E-state index in [-0.39, 0.29) is 5.91 Å². The Bertz CT molecular complexity index is 1040. The highest BCUT2D eigenvalue weighted by Gasteiger charge is 2.26. The summed E-state index contributed by atoms with van der Waals surface area (Å²) in [5.41, 5.74) is 2.87. The first-order chi connectivity index (χ1) is 13.0. The molecule has 0 bridgehead atoms. The minimum absolute atomic E-state index is 0.149. The third-order valence-electron chi connectivity index (χ3n) is 4.62. The third kappa shape index (κ3) is 3.71. The molecule has 1 amide bonds. The van der Waals surface area contributed by atoms with Crippen LogP contribution in [-0.2, 0) is 4.79 Å². The van der Waals surface area contributed by atoms with Gasteiger partial charge in [-0.15, -0.1) is 0 Å². The molecule has 2 heterocycles. The normalized spacial score (nSPS) is 14.6. The molecule has 4 rings (SSSR count). The van der Waals surface area contributed by atoms with E-state index in [4.69, 9.17) is 16.9 Å². The summed E-state index contributed by atoms with van der Waals surface area (Å²) in [6, 6.07) is 8.96. The van der Waals surface area contributed by atoms with Crippen LogP contribution in [0, 0.1) is 11.3 Å². The Morgan fingerprint density at radius 2 is 2.22 bits per heavy atom. The number of carbonyl (C=O) groups is 1. The second-order valence-electron chi connectivity index (χ2n) is 6.72. The quantitative estimate of drug-likeness (QED) is 0.704. The Morgan fingerprint density at radius 3 is 2.96 bits per heavy atom. The number of H-pyrrole nitrogens is 1. The molecular weight excluding hydrogens is 364 g/mol. The van der Waals surface area contributed by atoms with Gasteiger partial charge in [0.15, 0.2) is 0 Å². The number of aromatic amines is 1. The van der Waals surface area contributed by atoms with Crippen LogP contribution in [0.3, 0.4) is 0 Å². The number of nitrogens with one attached hydrogen (secondary N) is 2. The van der Waals surface area contributed by atoms with E-state index >= 15 is 0 Å². The van der Waals surface area contributed by atoms with Crippen molar-refractivity contribution in [3.8, 4) is 11.8 Å². The van der Waals surface area contributed by atoms with E-state index in [1.807, 2.05) is 13.0 Å². The molecule has 27 heavy (non-hydrogen) atoms. The van der Waals surface area contributed by atoms with Crippen LogP contribution in [0.2, 0.25) is 5.02 Å². The standard InChI is InChI=1S/C19H17ClN6O/c1-11(19(27)23-18-7-17(24-25-18)13-2-3-13)14-9-22-26(10-14)16-5-12(8-21)4-15(20)6-16/h4-7,9-11,13H,2-3H2,1H3,(H2,23,24,25,27). The summed E-state index contributed by atoms with van der Waals surface area (Å²) in [4.78, 5) is 12.5. The van der Waals surface area contributed by atoms with Crippen molar-refractivity contribution in [2.75, 3.05) is 5.32 Å². The number of nitriles is 1. The number of nitrogens with zero attached hydrogens (tertiary/aromatic N) is 4.